The maximum atomic E-state index is 13.0. The van der Waals surface area contributed by atoms with E-state index in [2.05, 4.69) is 15.3 Å². The number of benzene rings is 1. The SMILES string of the molecule is C[C@H](Sc1nc(C(F)(F)F)nc2ccccc12)C(=O)N1CCNC1=O. The van der Waals surface area contributed by atoms with Crippen molar-refractivity contribution in [1.29, 1.82) is 0 Å². The molecule has 1 aromatic carbocycles. The summed E-state index contributed by atoms with van der Waals surface area (Å²) >= 11 is 0.878. The van der Waals surface area contributed by atoms with Crippen molar-refractivity contribution in [1.82, 2.24) is 20.2 Å². The number of alkyl halides is 3. The van der Waals surface area contributed by atoms with Gasteiger partial charge in [-0.15, -0.1) is 0 Å². The van der Waals surface area contributed by atoms with Crippen molar-refractivity contribution in [2.75, 3.05) is 13.1 Å². The van der Waals surface area contributed by atoms with Crippen LogP contribution in [0.4, 0.5) is 18.0 Å². The Morgan fingerprint density at radius 3 is 2.68 bits per heavy atom. The molecule has 0 bridgehead atoms. The first-order chi connectivity index (χ1) is 11.8. The molecule has 0 aliphatic carbocycles. The molecule has 0 radical (unpaired) electrons. The van der Waals surface area contributed by atoms with Crippen LogP contribution in [0.25, 0.3) is 10.9 Å². The molecule has 1 N–H and O–H groups in total. The molecule has 3 rings (SSSR count). The number of hydrogen-bond donors (Lipinski definition) is 1. The molecular weight excluding hydrogens is 357 g/mol. The number of aromatic nitrogens is 2. The van der Waals surface area contributed by atoms with E-state index in [0.29, 0.717) is 11.9 Å². The van der Waals surface area contributed by atoms with Crippen LogP contribution in [0.15, 0.2) is 29.3 Å². The Morgan fingerprint density at radius 1 is 1.32 bits per heavy atom. The van der Waals surface area contributed by atoms with Crippen LogP contribution in [-0.4, -0.2) is 45.1 Å². The summed E-state index contributed by atoms with van der Waals surface area (Å²) in [7, 11) is 0. The monoisotopic (exact) mass is 370 g/mol. The molecule has 2 heterocycles. The lowest BCUT2D eigenvalue weighted by Gasteiger charge is -2.18. The Balaban J connectivity index is 1.94. The molecule has 0 spiro atoms. The van der Waals surface area contributed by atoms with Crippen LogP contribution < -0.4 is 5.32 Å². The van der Waals surface area contributed by atoms with Gasteiger partial charge in [0.2, 0.25) is 11.7 Å². The average molecular weight is 370 g/mol. The third kappa shape index (κ3) is 3.53. The molecule has 1 atom stereocenters. The molecule has 6 nitrogen and oxygen atoms in total. The van der Waals surface area contributed by atoms with Gasteiger partial charge in [-0.3, -0.25) is 9.69 Å². The lowest BCUT2D eigenvalue weighted by molar-refractivity contribution is -0.145. The molecule has 2 aromatic rings. The minimum Gasteiger partial charge on any atom is -0.336 e. The van der Waals surface area contributed by atoms with Crippen LogP contribution in [0, 0.1) is 0 Å². The Morgan fingerprint density at radius 2 is 2.04 bits per heavy atom. The number of nitrogens with zero attached hydrogens (tertiary/aromatic N) is 3. The molecule has 25 heavy (non-hydrogen) atoms. The normalized spacial score (nSPS) is 16.2. The van der Waals surface area contributed by atoms with Gasteiger partial charge in [-0.2, -0.15) is 13.2 Å². The van der Waals surface area contributed by atoms with Gasteiger partial charge in [-0.1, -0.05) is 30.0 Å². The topological polar surface area (TPSA) is 75.2 Å². The molecular formula is C15H13F3N4O2S. The van der Waals surface area contributed by atoms with Gasteiger partial charge in [0.05, 0.1) is 10.8 Å². The summed E-state index contributed by atoms with van der Waals surface area (Å²) in [5.74, 6) is -1.73. The van der Waals surface area contributed by atoms with Crippen molar-refractivity contribution in [2.45, 2.75) is 23.4 Å². The van der Waals surface area contributed by atoms with E-state index in [9.17, 15) is 22.8 Å². The van der Waals surface area contributed by atoms with Gasteiger partial charge in [0.15, 0.2) is 0 Å². The second-order valence-electron chi connectivity index (χ2n) is 5.35. The number of fused-ring (bicyclic) bond motifs is 1. The molecule has 1 aliphatic rings. The standard InChI is InChI=1S/C15H13F3N4O2S/c1-8(12(23)22-7-6-19-14(22)24)25-11-9-4-2-3-5-10(9)20-13(21-11)15(16,17)18/h2-5,8H,6-7H2,1H3,(H,19,24)/t8-/m0/s1. The minimum absolute atomic E-state index is 0.0541. The zero-order chi connectivity index (χ0) is 18.2. The lowest BCUT2D eigenvalue weighted by atomic mass is 10.2. The lowest BCUT2D eigenvalue weighted by Crippen LogP contribution is -2.39. The summed E-state index contributed by atoms with van der Waals surface area (Å²) in [5, 5.41) is 2.21. The van der Waals surface area contributed by atoms with E-state index in [-0.39, 0.29) is 17.1 Å². The summed E-state index contributed by atoms with van der Waals surface area (Å²) in [6.07, 6.45) is -4.69. The third-order valence-electron chi connectivity index (χ3n) is 3.58. The van der Waals surface area contributed by atoms with E-state index in [4.69, 9.17) is 0 Å². The van der Waals surface area contributed by atoms with Gasteiger partial charge in [-0.25, -0.2) is 14.8 Å². The summed E-state index contributed by atoms with van der Waals surface area (Å²) in [4.78, 5) is 32.1. The average Bonchev–Trinajstić information content (AvgIpc) is 2.99. The van der Waals surface area contributed by atoms with Crippen molar-refractivity contribution >= 4 is 34.6 Å². The summed E-state index contributed by atoms with van der Waals surface area (Å²) in [6, 6.07) is 5.78. The van der Waals surface area contributed by atoms with Crippen LogP contribution in [0.5, 0.6) is 0 Å². The Kier molecular flexibility index (Phi) is 4.55. The van der Waals surface area contributed by atoms with E-state index < -0.39 is 29.2 Å². The van der Waals surface area contributed by atoms with Gasteiger partial charge < -0.3 is 5.32 Å². The van der Waals surface area contributed by atoms with Crippen LogP contribution in [0.1, 0.15) is 12.7 Å². The molecule has 0 unspecified atom stereocenters. The molecule has 1 aliphatic heterocycles. The molecule has 10 heteroatoms. The molecule has 3 amide bonds. The van der Waals surface area contributed by atoms with Crippen molar-refractivity contribution in [3.63, 3.8) is 0 Å². The zero-order valence-electron chi connectivity index (χ0n) is 13.0. The molecule has 1 fully saturated rings. The number of halogens is 3. The van der Waals surface area contributed by atoms with E-state index in [0.717, 1.165) is 16.7 Å². The number of carbonyl (C=O) groups excluding carboxylic acids is 2. The summed E-state index contributed by atoms with van der Waals surface area (Å²) in [5.41, 5.74) is 0.144. The van der Waals surface area contributed by atoms with Crippen LogP contribution in [0.2, 0.25) is 0 Å². The molecule has 1 saturated heterocycles. The van der Waals surface area contributed by atoms with Gasteiger partial charge in [0.1, 0.15) is 5.03 Å². The van der Waals surface area contributed by atoms with Crippen molar-refractivity contribution in [3.8, 4) is 0 Å². The van der Waals surface area contributed by atoms with Gasteiger partial charge in [0.25, 0.3) is 0 Å². The predicted octanol–water partition coefficient (Wildman–Crippen LogP) is 2.68. The highest BCUT2D eigenvalue weighted by molar-refractivity contribution is 8.00. The van der Waals surface area contributed by atoms with Crippen LogP contribution in [0.3, 0.4) is 0 Å². The fourth-order valence-corrected chi connectivity index (χ4v) is 3.38. The van der Waals surface area contributed by atoms with Crippen molar-refractivity contribution < 1.29 is 22.8 Å². The number of hydrogen-bond acceptors (Lipinski definition) is 5. The largest absolute Gasteiger partial charge is 0.451 e. The minimum atomic E-state index is -4.69. The number of nitrogens with one attached hydrogen (secondary N) is 1. The van der Waals surface area contributed by atoms with E-state index in [1.54, 1.807) is 18.2 Å². The summed E-state index contributed by atoms with van der Waals surface area (Å²) < 4.78 is 39.1. The van der Waals surface area contributed by atoms with Crippen LogP contribution >= 0.6 is 11.8 Å². The van der Waals surface area contributed by atoms with Gasteiger partial charge in [-0.05, 0) is 13.0 Å². The first-order valence-electron chi connectivity index (χ1n) is 7.37. The van der Waals surface area contributed by atoms with Gasteiger partial charge in [0, 0.05) is 18.5 Å². The number of imide groups is 1. The smallest absolute Gasteiger partial charge is 0.336 e. The maximum absolute atomic E-state index is 13.0. The Labute approximate surface area is 144 Å². The highest BCUT2D eigenvalue weighted by Crippen LogP contribution is 2.34. The number of carbonyl (C=O) groups is 2. The molecule has 0 saturated carbocycles. The summed E-state index contributed by atoms with van der Waals surface area (Å²) in [6.45, 7) is 2.13. The zero-order valence-corrected chi connectivity index (χ0v) is 13.8. The number of thioether (sulfide) groups is 1. The van der Waals surface area contributed by atoms with Gasteiger partial charge >= 0.3 is 12.2 Å². The van der Waals surface area contributed by atoms with Crippen LogP contribution in [-0.2, 0) is 11.0 Å². The number of rotatable bonds is 3. The number of para-hydroxylation sites is 1. The second-order valence-corrected chi connectivity index (χ2v) is 6.68. The first kappa shape index (κ1) is 17.5. The number of urea groups is 1. The first-order valence-corrected chi connectivity index (χ1v) is 8.25. The van der Waals surface area contributed by atoms with Crippen molar-refractivity contribution in [2.24, 2.45) is 0 Å². The quantitative estimate of drug-likeness (QED) is 0.664. The highest BCUT2D eigenvalue weighted by atomic mass is 32.2. The van der Waals surface area contributed by atoms with E-state index in [1.807, 2.05) is 0 Å². The third-order valence-corrected chi connectivity index (χ3v) is 4.67. The number of amides is 3. The highest BCUT2D eigenvalue weighted by Gasteiger charge is 2.36. The fraction of sp³-hybridized carbons (Fsp3) is 0.333. The fourth-order valence-electron chi connectivity index (χ4n) is 2.38. The predicted molar refractivity (Wildman–Crippen MR) is 85.0 cm³/mol. The second kappa shape index (κ2) is 6.51. The molecule has 132 valence electrons. The molecule has 1 aromatic heterocycles. The maximum Gasteiger partial charge on any atom is 0.451 e. The van der Waals surface area contributed by atoms with E-state index in [1.165, 1.54) is 13.0 Å². The van der Waals surface area contributed by atoms with Crippen molar-refractivity contribution in [3.05, 3.63) is 30.1 Å². The Hall–Kier alpha value is -2.36. The Bertz CT molecular complexity index is 843. The van der Waals surface area contributed by atoms with E-state index >= 15 is 0 Å².